The van der Waals surface area contributed by atoms with E-state index in [-0.39, 0.29) is 13.0 Å². The zero-order valence-corrected chi connectivity index (χ0v) is 17.6. The molecule has 2 atom stereocenters. The molecule has 0 rings (SSSR count). The van der Waals surface area contributed by atoms with Gasteiger partial charge in [0.1, 0.15) is 0 Å². The van der Waals surface area contributed by atoms with Gasteiger partial charge in [0.25, 0.3) is 0 Å². The molecule has 0 radical (unpaired) electrons. The van der Waals surface area contributed by atoms with Gasteiger partial charge in [0.2, 0.25) is 0 Å². The first kappa shape index (κ1) is 25.1. The summed E-state index contributed by atoms with van der Waals surface area (Å²) in [5.41, 5.74) is -0.905. The normalized spacial score (nSPS) is 17.2. The highest BCUT2D eigenvalue weighted by Gasteiger charge is 2.33. The van der Waals surface area contributed by atoms with Crippen molar-refractivity contribution in [2.75, 3.05) is 6.61 Å². The van der Waals surface area contributed by atoms with Crippen molar-refractivity contribution < 1.29 is 24.0 Å². The van der Waals surface area contributed by atoms with E-state index in [9.17, 15) is 9.67 Å². The minimum absolute atomic E-state index is 0.102. The van der Waals surface area contributed by atoms with Gasteiger partial charge in [-0.2, -0.15) is 0 Å². The van der Waals surface area contributed by atoms with Gasteiger partial charge in [-0.3, -0.25) is 4.52 Å². The van der Waals surface area contributed by atoms with Gasteiger partial charge in [0.05, 0.1) is 12.2 Å². The lowest BCUT2D eigenvalue weighted by Gasteiger charge is -2.35. The third-order valence-electron chi connectivity index (χ3n) is 5.25. The van der Waals surface area contributed by atoms with Crippen molar-refractivity contribution in [3.63, 3.8) is 0 Å². The Morgan fingerprint density at radius 3 is 1.68 bits per heavy atom. The van der Waals surface area contributed by atoms with Crippen molar-refractivity contribution in [2.45, 2.75) is 104 Å². The Labute approximate surface area is 154 Å². The highest BCUT2D eigenvalue weighted by molar-refractivity contribution is 7.46. The molecule has 0 saturated heterocycles. The summed E-state index contributed by atoms with van der Waals surface area (Å²) in [6.07, 6.45) is 10.5. The van der Waals surface area contributed by atoms with Gasteiger partial charge < -0.3 is 14.9 Å². The van der Waals surface area contributed by atoms with Gasteiger partial charge in [-0.25, -0.2) is 4.57 Å². The minimum Gasteiger partial charge on any atom is -0.390 e. The smallest absolute Gasteiger partial charge is 0.390 e. The maximum absolute atomic E-state index is 11.3. The summed E-state index contributed by atoms with van der Waals surface area (Å²) >= 11 is 0. The van der Waals surface area contributed by atoms with Crippen LogP contribution in [0.5, 0.6) is 0 Å². The lowest BCUT2D eigenvalue weighted by molar-refractivity contribution is -0.0288. The molecular weight excluding hydrogens is 339 g/mol. The van der Waals surface area contributed by atoms with Crippen LogP contribution in [0, 0.1) is 11.8 Å². The van der Waals surface area contributed by atoms with Crippen LogP contribution in [-0.2, 0) is 9.09 Å². The van der Waals surface area contributed by atoms with Crippen LogP contribution >= 0.6 is 7.82 Å². The van der Waals surface area contributed by atoms with Crippen LogP contribution in [0.25, 0.3) is 0 Å². The Kier molecular flexibility index (Phi) is 13.3. The van der Waals surface area contributed by atoms with E-state index in [4.69, 9.17) is 9.79 Å². The van der Waals surface area contributed by atoms with Crippen LogP contribution in [0.1, 0.15) is 98.3 Å². The molecule has 0 bridgehead atoms. The Hall–Kier alpha value is 0.0700. The molecule has 0 aromatic heterocycles. The highest BCUT2D eigenvalue weighted by atomic mass is 31.2. The molecule has 0 heterocycles. The van der Waals surface area contributed by atoms with Crippen molar-refractivity contribution in [2.24, 2.45) is 11.8 Å². The zero-order chi connectivity index (χ0) is 19.3. The molecule has 6 heteroatoms. The maximum atomic E-state index is 11.3. The molecule has 0 saturated carbocycles. The van der Waals surface area contributed by atoms with E-state index in [1.165, 1.54) is 0 Å². The number of phosphoric ester groups is 1. The van der Waals surface area contributed by atoms with Crippen molar-refractivity contribution in [3.05, 3.63) is 0 Å². The monoisotopic (exact) mass is 380 g/mol. The summed E-state index contributed by atoms with van der Waals surface area (Å²) in [6.45, 7) is 8.55. The van der Waals surface area contributed by atoms with Gasteiger partial charge in [-0.05, 0) is 24.7 Å². The highest BCUT2D eigenvalue weighted by Crippen LogP contribution is 2.39. The molecule has 0 aliphatic heterocycles. The molecular formula is C19H41O5P. The van der Waals surface area contributed by atoms with E-state index in [0.29, 0.717) is 24.7 Å². The van der Waals surface area contributed by atoms with Gasteiger partial charge in [0, 0.05) is 6.42 Å². The fraction of sp³-hybridized carbons (Fsp3) is 1.00. The number of aliphatic hydroxyl groups is 1. The molecule has 0 spiro atoms. The third kappa shape index (κ3) is 13.0. The first-order valence-corrected chi connectivity index (χ1v) is 11.6. The number of hydrogen-bond acceptors (Lipinski definition) is 3. The van der Waals surface area contributed by atoms with Crippen LogP contribution in [0.15, 0.2) is 0 Å². The average Bonchev–Trinajstić information content (AvgIpc) is 2.54. The predicted molar refractivity (Wildman–Crippen MR) is 103 cm³/mol. The molecule has 25 heavy (non-hydrogen) atoms. The van der Waals surface area contributed by atoms with E-state index in [1.807, 2.05) is 0 Å². The fourth-order valence-corrected chi connectivity index (χ4v) is 3.93. The number of rotatable bonds is 16. The second kappa shape index (κ2) is 13.3. The van der Waals surface area contributed by atoms with E-state index >= 15 is 0 Å². The van der Waals surface area contributed by atoms with Crippen LogP contribution in [0.2, 0.25) is 0 Å². The summed E-state index contributed by atoms with van der Waals surface area (Å²) in [5, 5.41) is 11.3. The minimum atomic E-state index is -4.48. The lowest BCUT2D eigenvalue weighted by atomic mass is 9.77. The lowest BCUT2D eigenvalue weighted by Crippen LogP contribution is -2.35. The van der Waals surface area contributed by atoms with Crippen LogP contribution < -0.4 is 0 Å². The van der Waals surface area contributed by atoms with Gasteiger partial charge in [-0.1, -0.05) is 79.1 Å². The zero-order valence-electron chi connectivity index (χ0n) is 16.7. The Balaban J connectivity index is 4.94. The molecule has 3 N–H and O–H groups in total. The predicted octanol–water partition coefficient (Wildman–Crippen LogP) is 5.43. The molecule has 0 amide bonds. The topological polar surface area (TPSA) is 87.0 Å². The van der Waals surface area contributed by atoms with E-state index in [0.717, 1.165) is 51.4 Å². The molecule has 0 aliphatic carbocycles. The summed E-state index contributed by atoms with van der Waals surface area (Å²) in [4.78, 5) is 17.8. The second-order valence-electron chi connectivity index (χ2n) is 7.54. The van der Waals surface area contributed by atoms with Crippen molar-refractivity contribution in [3.8, 4) is 0 Å². The molecule has 0 aromatic rings. The molecule has 152 valence electrons. The first-order valence-electron chi connectivity index (χ1n) is 10.1. The Morgan fingerprint density at radius 2 is 1.36 bits per heavy atom. The van der Waals surface area contributed by atoms with E-state index < -0.39 is 13.4 Å². The number of hydrogen-bond donors (Lipinski definition) is 3. The van der Waals surface area contributed by atoms with Crippen molar-refractivity contribution in [1.82, 2.24) is 0 Å². The molecule has 0 aliphatic rings. The SMILES string of the molecule is CCCCC(CC)CC(O)(CCOP(=O)(O)O)CC(CC)CCCC. The third-order valence-corrected chi connectivity index (χ3v) is 5.77. The fourth-order valence-electron chi connectivity index (χ4n) is 3.60. The molecule has 5 nitrogen and oxygen atoms in total. The van der Waals surface area contributed by atoms with Gasteiger partial charge in [0.15, 0.2) is 0 Å². The molecule has 0 aromatic carbocycles. The van der Waals surface area contributed by atoms with Gasteiger partial charge >= 0.3 is 7.82 Å². The second-order valence-corrected chi connectivity index (χ2v) is 8.78. The van der Waals surface area contributed by atoms with Crippen molar-refractivity contribution >= 4 is 7.82 Å². The van der Waals surface area contributed by atoms with Crippen molar-refractivity contribution in [1.29, 1.82) is 0 Å². The van der Waals surface area contributed by atoms with E-state index in [2.05, 4.69) is 32.2 Å². The summed E-state index contributed by atoms with van der Waals surface area (Å²) in [7, 11) is -4.48. The largest absolute Gasteiger partial charge is 0.469 e. The first-order chi connectivity index (χ1) is 11.7. The summed E-state index contributed by atoms with van der Waals surface area (Å²) in [6, 6.07) is 0. The standard InChI is InChI=1S/C19H41O5P/c1-5-9-11-17(7-3)15-19(20,13-14-24-25(21,22)23)16-18(8-4)12-10-6-2/h17-18,20H,5-16H2,1-4H3,(H2,21,22,23). The molecule has 0 fully saturated rings. The number of unbranched alkanes of at least 4 members (excludes halogenated alkanes) is 2. The summed E-state index contributed by atoms with van der Waals surface area (Å²) < 4.78 is 15.6. The van der Waals surface area contributed by atoms with Crippen LogP contribution in [0.3, 0.4) is 0 Å². The van der Waals surface area contributed by atoms with E-state index in [1.54, 1.807) is 0 Å². The Bertz CT molecular complexity index is 351. The quantitative estimate of drug-likeness (QED) is 0.311. The number of phosphoric acid groups is 1. The Morgan fingerprint density at radius 1 is 0.920 bits per heavy atom. The average molecular weight is 381 g/mol. The maximum Gasteiger partial charge on any atom is 0.469 e. The molecule has 2 unspecified atom stereocenters. The summed E-state index contributed by atoms with van der Waals surface area (Å²) in [5.74, 6) is 0.896. The van der Waals surface area contributed by atoms with Crippen LogP contribution in [-0.4, -0.2) is 27.1 Å². The van der Waals surface area contributed by atoms with Gasteiger partial charge in [-0.15, -0.1) is 0 Å². The van der Waals surface area contributed by atoms with Crippen LogP contribution in [0.4, 0.5) is 0 Å².